The van der Waals surface area contributed by atoms with Gasteiger partial charge in [-0.2, -0.15) is 0 Å². The van der Waals surface area contributed by atoms with Crippen LogP contribution in [-0.4, -0.2) is 51.6 Å². The van der Waals surface area contributed by atoms with E-state index in [-0.39, 0.29) is 55.8 Å². The summed E-state index contributed by atoms with van der Waals surface area (Å²) in [6, 6.07) is 0.760. The van der Waals surface area contributed by atoms with E-state index < -0.39 is 29.9 Å². The summed E-state index contributed by atoms with van der Waals surface area (Å²) >= 11 is 0. The zero-order chi connectivity index (χ0) is 21.4. The number of aliphatic hydroxyl groups excluding tert-OH is 1. The molecule has 1 aromatic rings. The number of halogens is 2. The van der Waals surface area contributed by atoms with Crippen molar-refractivity contribution in [2.75, 3.05) is 11.9 Å². The van der Waals surface area contributed by atoms with Gasteiger partial charge in [0.25, 0.3) is 0 Å². The molecule has 2 N–H and O–H groups in total. The number of aliphatic hydroxyl groups is 1. The van der Waals surface area contributed by atoms with E-state index in [1.165, 1.54) is 4.90 Å². The molecule has 0 aromatic carbocycles. The van der Waals surface area contributed by atoms with E-state index in [1.54, 1.807) is 6.07 Å². The van der Waals surface area contributed by atoms with Crippen LogP contribution in [0.4, 0.5) is 14.6 Å². The van der Waals surface area contributed by atoms with Gasteiger partial charge in [-0.15, -0.1) is 0 Å². The molecule has 9 heteroatoms. The third-order valence-corrected chi connectivity index (χ3v) is 5.73. The second kappa shape index (κ2) is 8.01. The zero-order valence-corrected chi connectivity index (χ0v) is 17.1. The van der Waals surface area contributed by atoms with Gasteiger partial charge in [0.2, 0.25) is 17.7 Å². The van der Waals surface area contributed by atoms with Crippen molar-refractivity contribution in [3.8, 4) is 0 Å². The van der Waals surface area contributed by atoms with Crippen LogP contribution in [0, 0.1) is 5.92 Å². The molecular weight excluding hydrogens is 384 g/mol. The summed E-state index contributed by atoms with van der Waals surface area (Å²) in [5, 5.41) is 16.5. The van der Waals surface area contributed by atoms with Crippen molar-refractivity contribution >= 4 is 17.6 Å². The molecule has 29 heavy (non-hydrogen) atoms. The largest absolute Gasteiger partial charge is 0.393 e. The number of hydrogen-bond acceptors (Lipinski definition) is 5. The van der Waals surface area contributed by atoms with Gasteiger partial charge in [0.15, 0.2) is 5.82 Å². The maximum atomic E-state index is 13.4. The lowest BCUT2D eigenvalue weighted by atomic mass is 9.84. The Morgan fingerprint density at radius 2 is 1.93 bits per heavy atom. The second-order valence-corrected chi connectivity index (χ2v) is 9.17. The summed E-state index contributed by atoms with van der Waals surface area (Å²) < 4.78 is 32.1. The minimum absolute atomic E-state index is 0.102. The summed E-state index contributed by atoms with van der Waals surface area (Å²) in [7, 11) is 0. The average Bonchev–Trinajstić information content (AvgIpc) is 3.10. The molecule has 1 aromatic heterocycles. The van der Waals surface area contributed by atoms with Crippen molar-refractivity contribution in [2.45, 2.75) is 82.8 Å². The number of alkyl halides is 2. The summed E-state index contributed by atoms with van der Waals surface area (Å²) in [5.41, 5.74) is -0.276. The van der Waals surface area contributed by atoms with E-state index in [0.717, 1.165) is 0 Å². The predicted octanol–water partition coefficient (Wildman–Crippen LogP) is 3.09. The molecule has 2 unspecified atom stereocenters. The highest BCUT2D eigenvalue weighted by molar-refractivity contribution is 5.97. The SMILES string of the molecule is CC(C)(C)c1cc(NC(=O)C2CC(O)CCN2C(=O)C2CCC(F)(F)CC2)no1. The molecule has 1 aliphatic heterocycles. The normalized spacial score (nSPS) is 25.7. The molecule has 1 saturated carbocycles. The number of hydrogen-bond donors (Lipinski definition) is 2. The number of nitrogens with zero attached hydrogens (tertiary/aromatic N) is 2. The third-order valence-electron chi connectivity index (χ3n) is 5.73. The van der Waals surface area contributed by atoms with Crippen molar-refractivity contribution in [1.82, 2.24) is 10.1 Å². The van der Waals surface area contributed by atoms with E-state index in [4.69, 9.17) is 4.52 Å². The number of nitrogens with one attached hydrogen (secondary N) is 1. The Balaban J connectivity index is 1.70. The molecule has 1 aliphatic carbocycles. The average molecular weight is 413 g/mol. The number of piperidine rings is 1. The van der Waals surface area contributed by atoms with Crippen LogP contribution in [0.5, 0.6) is 0 Å². The van der Waals surface area contributed by atoms with Gasteiger partial charge >= 0.3 is 0 Å². The fraction of sp³-hybridized carbons (Fsp3) is 0.750. The molecule has 3 rings (SSSR count). The zero-order valence-electron chi connectivity index (χ0n) is 17.1. The Labute approximate surface area is 168 Å². The fourth-order valence-corrected chi connectivity index (χ4v) is 3.88. The van der Waals surface area contributed by atoms with Crippen molar-refractivity contribution in [3.63, 3.8) is 0 Å². The smallest absolute Gasteiger partial charge is 0.248 e. The Kier molecular flexibility index (Phi) is 5.98. The molecule has 2 heterocycles. The topological polar surface area (TPSA) is 95.7 Å². The maximum absolute atomic E-state index is 13.4. The monoisotopic (exact) mass is 413 g/mol. The number of aromatic nitrogens is 1. The van der Waals surface area contributed by atoms with E-state index in [0.29, 0.717) is 12.2 Å². The standard InChI is InChI=1S/C20H29F2N3O4/c1-19(2,3)15-11-16(24-29-15)23-17(27)14-10-13(26)6-9-25(14)18(28)12-4-7-20(21,22)8-5-12/h11-14,26H,4-10H2,1-3H3,(H,23,24,27). The lowest BCUT2D eigenvalue weighted by molar-refractivity contribution is -0.149. The number of rotatable bonds is 3. The molecule has 0 spiro atoms. The number of anilines is 1. The van der Waals surface area contributed by atoms with Gasteiger partial charge in [0.05, 0.1) is 6.10 Å². The quantitative estimate of drug-likeness (QED) is 0.794. The number of carbonyl (C=O) groups excluding carboxylic acids is 2. The first kappa shape index (κ1) is 21.7. The van der Waals surface area contributed by atoms with Gasteiger partial charge in [-0.1, -0.05) is 25.9 Å². The van der Waals surface area contributed by atoms with Crippen LogP contribution in [-0.2, 0) is 15.0 Å². The molecule has 2 amide bonds. The summed E-state index contributed by atoms with van der Waals surface area (Å²) in [4.78, 5) is 27.2. The van der Waals surface area contributed by atoms with Crippen molar-refractivity contribution in [3.05, 3.63) is 11.8 Å². The number of amides is 2. The van der Waals surface area contributed by atoms with Gasteiger partial charge < -0.3 is 19.8 Å². The second-order valence-electron chi connectivity index (χ2n) is 9.17. The maximum Gasteiger partial charge on any atom is 0.248 e. The van der Waals surface area contributed by atoms with Crippen LogP contribution in [0.15, 0.2) is 10.6 Å². The van der Waals surface area contributed by atoms with Crippen LogP contribution < -0.4 is 5.32 Å². The van der Waals surface area contributed by atoms with Gasteiger partial charge in [0, 0.05) is 43.2 Å². The fourth-order valence-electron chi connectivity index (χ4n) is 3.88. The highest BCUT2D eigenvalue weighted by Gasteiger charge is 2.42. The molecule has 7 nitrogen and oxygen atoms in total. The third kappa shape index (κ3) is 5.12. The molecule has 0 bridgehead atoms. The van der Waals surface area contributed by atoms with Crippen molar-refractivity contribution < 1.29 is 28.0 Å². The van der Waals surface area contributed by atoms with Crippen LogP contribution in [0.2, 0.25) is 0 Å². The molecule has 0 radical (unpaired) electrons. The Hall–Kier alpha value is -2.03. The van der Waals surface area contributed by atoms with E-state index in [2.05, 4.69) is 10.5 Å². The molecule has 162 valence electrons. The Morgan fingerprint density at radius 1 is 1.28 bits per heavy atom. The molecule has 2 aliphatic rings. The van der Waals surface area contributed by atoms with Gasteiger partial charge in [-0.25, -0.2) is 8.78 Å². The Morgan fingerprint density at radius 3 is 2.52 bits per heavy atom. The van der Waals surface area contributed by atoms with Gasteiger partial charge in [-0.3, -0.25) is 9.59 Å². The highest BCUT2D eigenvalue weighted by Crippen LogP contribution is 2.37. The summed E-state index contributed by atoms with van der Waals surface area (Å²) in [6.07, 6.45) is -0.653. The van der Waals surface area contributed by atoms with Gasteiger partial charge in [-0.05, 0) is 19.3 Å². The first-order chi connectivity index (χ1) is 13.5. The van der Waals surface area contributed by atoms with E-state index in [9.17, 15) is 23.5 Å². The van der Waals surface area contributed by atoms with E-state index in [1.807, 2.05) is 20.8 Å². The minimum Gasteiger partial charge on any atom is -0.393 e. The Bertz CT molecular complexity index is 749. The van der Waals surface area contributed by atoms with Crippen molar-refractivity contribution in [1.29, 1.82) is 0 Å². The summed E-state index contributed by atoms with van der Waals surface area (Å²) in [6.45, 7) is 6.07. The molecular formula is C20H29F2N3O4. The predicted molar refractivity (Wildman–Crippen MR) is 101 cm³/mol. The van der Waals surface area contributed by atoms with Crippen LogP contribution in [0.3, 0.4) is 0 Å². The van der Waals surface area contributed by atoms with Gasteiger partial charge in [0.1, 0.15) is 11.8 Å². The first-order valence-corrected chi connectivity index (χ1v) is 10.1. The molecule has 2 fully saturated rings. The number of carbonyl (C=O) groups is 2. The minimum atomic E-state index is -2.72. The van der Waals surface area contributed by atoms with Crippen LogP contribution >= 0.6 is 0 Å². The lowest BCUT2D eigenvalue weighted by Gasteiger charge is -2.39. The highest BCUT2D eigenvalue weighted by atomic mass is 19.3. The summed E-state index contributed by atoms with van der Waals surface area (Å²) in [5.74, 6) is -3.14. The first-order valence-electron chi connectivity index (χ1n) is 10.1. The lowest BCUT2D eigenvalue weighted by Crippen LogP contribution is -2.55. The van der Waals surface area contributed by atoms with Crippen LogP contribution in [0.25, 0.3) is 0 Å². The van der Waals surface area contributed by atoms with E-state index >= 15 is 0 Å². The molecule has 1 saturated heterocycles. The number of likely N-dealkylation sites (tertiary alicyclic amines) is 1. The van der Waals surface area contributed by atoms with Crippen LogP contribution in [0.1, 0.15) is 65.1 Å². The molecule has 2 atom stereocenters. The van der Waals surface area contributed by atoms with Crippen molar-refractivity contribution in [2.24, 2.45) is 5.92 Å².